The molecule has 2 rings (SSSR count). The fourth-order valence-corrected chi connectivity index (χ4v) is 2.82. The molecular formula is C13H20BrN3. The molecule has 0 atom stereocenters. The molecule has 1 N–H and O–H groups in total. The zero-order valence-corrected chi connectivity index (χ0v) is 12.7. The number of hydrogen-bond donors (Lipinski definition) is 1. The number of nitrogens with one attached hydrogen (secondary N) is 1. The van der Waals surface area contributed by atoms with E-state index in [1.54, 1.807) is 0 Å². The molecule has 1 aromatic rings. The van der Waals surface area contributed by atoms with Crippen LogP contribution in [0.25, 0.3) is 0 Å². The van der Waals surface area contributed by atoms with Crippen molar-refractivity contribution in [3.63, 3.8) is 0 Å². The average molecular weight is 298 g/mol. The number of nitrogens with zero attached hydrogens (tertiary/aromatic N) is 2. The first-order chi connectivity index (χ1) is 7.79. The Hall–Kier alpha value is -0.640. The fraction of sp³-hybridized carbons (Fsp3) is 0.692. The van der Waals surface area contributed by atoms with Crippen LogP contribution < -0.4 is 5.32 Å². The van der Waals surface area contributed by atoms with E-state index in [1.807, 2.05) is 6.07 Å². The number of anilines is 1. The summed E-state index contributed by atoms with van der Waals surface area (Å²) >= 11 is 3.43. The summed E-state index contributed by atoms with van der Waals surface area (Å²) in [6.07, 6.45) is 0.853. The molecule has 1 aliphatic rings. The number of hydrogen-bond acceptors (Lipinski definition) is 3. The van der Waals surface area contributed by atoms with Crippen molar-refractivity contribution in [1.82, 2.24) is 9.97 Å². The molecule has 0 aromatic carbocycles. The van der Waals surface area contributed by atoms with Crippen LogP contribution in [0.15, 0.2) is 10.7 Å². The van der Waals surface area contributed by atoms with Crippen LogP contribution >= 0.6 is 15.9 Å². The van der Waals surface area contributed by atoms with E-state index in [1.165, 1.54) is 0 Å². The van der Waals surface area contributed by atoms with E-state index >= 15 is 0 Å². The van der Waals surface area contributed by atoms with Crippen LogP contribution in [0.5, 0.6) is 0 Å². The van der Waals surface area contributed by atoms with E-state index in [0.717, 1.165) is 22.7 Å². The van der Waals surface area contributed by atoms with E-state index in [-0.39, 0.29) is 0 Å². The molecule has 0 unspecified atom stereocenters. The number of aromatic nitrogens is 2. The lowest BCUT2D eigenvalue weighted by molar-refractivity contribution is 0.457. The monoisotopic (exact) mass is 297 g/mol. The summed E-state index contributed by atoms with van der Waals surface area (Å²) < 4.78 is 0.850. The predicted molar refractivity (Wildman–Crippen MR) is 74.1 cm³/mol. The molecule has 1 aliphatic carbocycles. The number of halogens is 1. The van der Waals surface area contributed by atoms with Crippen LogP contribution in [-0.4, -0.2) is 16.0 Å². The van der Waals surface area contributed by atoms with E-state index in [2.05, 4.69) is 65.8 Å². The summed E-state index contributed by atoms with van der Waals surface area (Å²) in [5, 5.41) is 3.53. The van der Waals surface area contributed by atoms with Crippen LogP contribution in [0, 0.1) is 10.8 Å². The van der Waals surface area contributed by atoms with Gasteiger partial charge in [0.15, 0.2) is 0 Å². The van der Waals surface area contributed by atoms with Crippen molar-refractivity contribution >= 4 is 21.7 Å². The van der Waals surface area contributed by atoms with Gasteiger partial charge < -0.3 is 5.32 Å². The maximum absolute atomic E-state index is 4.51. The van der Waals surface area contributed by atoms with Crippen LogP contribution in [0.4, 0.5) is 5.82 Å². The van der Waals surface area contributed by atoms with E-state index in [9.17, 15) is 0 Å². The topological polar surface area (TPSA) is 37.8 Å². The van der Waals surface area contributed by atoms with Crippen molar-refractivity contribution in [2.45, 2.75) is 47.1 Å². The molecule has 0 spiro atoms. The maximum atomic E-state index is 4.51. The second-order valence-electron chi connectivity index (χ2n) is 5.87. The van der Waals surface area contributed by atoms with Gasteiger partial charge >= 0.3 is 0 Å². The minimum absolute atomic E-state index is 0.316. The molecule has 0 amide bonds. The fourth-order valence-electron chi connectivity index (χ4n) is 2.40. The SMILES string of the molecule is CCc1nc(Br)cc(NC2C(C)(C)C2(C)C)n1. The molecule has 0 radical (unpaired) electrons. The molecule has 94 valence electrons. The number of rotatable bonds is 3. The molecule has 1 aromatic heterocycles. The Morgan fingerprint density at radius 1 is 1.24 bits per heavy atom. The maximum Gasteiger partial charge on any atom is 0.131 e. The van der Waals surface area contributed by atoms with Crippen molar-refractivity contribution in [2.75, 3.05) is 5.32 Å². The second-order valence-corrected chi connectivity index (χ2v) is 6.68. The summed E-state index contributed by atoms with van der Waals surface area (Å²) in [4.78, 5) is 8.83. The smallest absolute Gasteiger partial charge is 0.131 e. The summed E-state index contributed by atoms with van der Waals surface area (Å²) in [6, 6.07) is 2.42. The summed E-state index contributed by atoms with van der Waals surface area (Å²) in [5.74, 6) is 1.80. The quantitative estimate of drug-likeness (QED) is 0.866. The molecular weight excluding hydrogens is 278 g/mol. The Labute approximate surface area is 112 Å². The second kappa shape index (κ2) is 3.94. The highest BCUT2D eigenvalue weighted by molar-refractivity contribution is 9.10. The summed E-state index contributed by atoms with van der Waals surface area (Å²) in [7, 11) is 0. The molecule has 1 fully saturated rings. The van der Waals surface area contributed by atoms with Crippen molar-refractivity contribution < 1.29 is 0 Å². The first kappa shape index (κ1) is 12.8. The van der Waals surface area contributed by atoms with Gasteiger partial charge in [0.1, 0.15) is 16.2 Å². The molecule has 0 bridgehead atoms. The summed E-state index contributed by atoms with van der Waals surface area (Å²) in [6.45, 7) is 11.2. The van der Waals surface area contributed by atoms with Gasteiger partial charge in [-0.05, 0) is 26.8 Å². The average Bonchev–Trinajstić information content (AvgIpc) is 2.60. The van der Waals surface area contributed by atoms with Gasteiger partial charge in [-0.15, -0.1) is 0 Å². The first-order valence-electron chi connectivity index (χ1n) is 6.09. The molecule has 3 nitrogen and oxygen atoms in total. The number of aryl methyl sites for hydroxylation is 1. The third-order valence-corrected chi connectivity index (χ3v) is 4.78. The first-order valence-corrected chi connectivity index (χ1v) is 6.88. The van der Waals surface area contributed by atoms with Crippen LogP contribution in [0.3, 0.4) is 0 Å². The van der Waals surface area contributed by atoms with Crippen molar-refractivity contribution in [1.29, 1.82) is 0 Å². The Morgan fingerprint density at radius 2 is 1.82 bits per heavy atom. The van der Waals surface area contributed by atoms with E-state index in [0.29, 0.717) is 16.9 Å². The Kier molecular flexibility index (Phi) is 2.97. The predicted octanol–water partition coefficient (Wildman–Crippen LogP) is 3.65. The Bertz CT molecular complexity index is 426. The molecule has 4 heteroatoms. The van der Waals surface area contributed by atoms with E-state index in [4.69, 9.17) is 0 Å². The largest absolute Gasteiger partial charge is 0.366 e. The molecule has 0 aliphatic heterocycles. The lowest BCUT2D eigenvalue weighted by Gasteiger charge is -2.08. The summed E-state index contributed by atoms with van der Waals surface area (Å²) in [5.41, 5.74) is 0.633. The highest BCUT2D eigenvalue weighted by Gasteiger charge is 2.65. The van der Waals surface area contributed by atoms with Gasteiger partial charge in [-0.2, -0.15) is 0 Å². The minimum Gasteiger partial charge on any atom is -0.366 e. The zero-order chi connectivity index (χ0) is 12.8. The van der Waals surface area contributed by atoms with Gasteiger partial charge in [0.25, 0.3) is 0 Å². The lowest BCUT2D eigenvalue weighted by atomic mass is 10.0. The van der Waals surface area contributed by atoms with E-state index < -0.39 is 0 Å². The minimum atomic E-state index is 0.316. The third-order valence-electron chi connectivity index (χ3n) is 4.37. The van der Waals surface area contributed by atoms with Gasteiger partial charge in [0.2, 0.25) is 0 Å². The van der Waals surface area contributed by atoms with Crippen molar-refractivity contribution in [2.24, 2.45) is 10.8 Å². The zero-order valence-electron chi connectivity index (χ0n) is 11.1. The van der Waals surface area contributed by atoms with Crippen molar-refractivity contribution in [3.8, 4) is 0 Å². The molecule has 1 heterocycles. The van der Waals surface area contributed by atoms with Crippen LogP contribution in [0.2, 0.25) is 0 Å². The highest BCUT2D eigenvalue weighted by atomic mass is 79.9. The van der Waals surface area contributed by atoms with Crippen LogP contribution in [0.1, 0.15) is 40.4 Å². The lowest BCUT2D eigenvalue weighted by Crippen LogP contribution is -2.12. The third kappa shape index (κ3) is 2.07. The molecule has 1 saturated carbocycles. The van der Waals surface area contributed by atoms with Gasteiger partial charge in [-0.3, -0.25) is 0 Å². The molecule has 0 saturated heterocycles. The molecule has 17 heavy (non-hydrogen) atoms. The Morgan fingerprint density at radius 3 is 2.29 bits per heavy atom. The highest BCUT2D eigenvalue weighted by Crippen LogP contribution is 2.63. The normalized spacial score (nSPS) is 21.3. The van der Waals surface area contributed by atoms with Gasteiger partial charge in [0.05, 0.1) is 0 Å². The standard InChI is InChI=1S/C13H20BrN3/c1-6-9-15-8(14)7-10(16-9)17-11-12(2,3)13(11,4)5/h7,11H,6H2,1-5H3,(H,15,16,17). The van der Waals surface area contributed by atoms with Gasteiger partial charge in [-0.1, -0.05) is 34.6 Å². The van der Waals surface area contributed by atoms with Crippen LogP contribution in [-0.2, 0) is 6.42 Å². The van der Waals surface area contributed by atoms with Gasteiger partial charge in [0, 0.05) is 18.5 Å². The van der Waals surface area contributed by atoms with Gasteiger partial charge in [-0.25, -0.2) is 9.97 Å². The van der Waals surface area contributed by atoms with Crippen molar-refractivity contribution in [3.05, 3.63) is 16.5 Å². The Balaban J connectivity index is 2.18.